The standard InChI is InChI=1S/C17H22N2/c1-12-5-6-13(2)17(9-12)15(4)19-11-16-7-8-18-10-14(16)3/h5-10,15,19H,11H2,1-4H3. The molecule has 1 atom stereocenters. The van der Waals surface area contributed by atoms with E-state index in [4.69, 9.17) is 0 Å². The molecule has 0 saturated heterocycles. The maximum absolute atomic E-state index is 4.13. The van der Waals surface area contributed by atoms with Gasteiger partial charge in [-0.2, -0.15) is 0 Å². The zero-order valence-corrected chi connectivity index (χ0v) is 12.2. The largest absolute Gasteiger partial charge is 0.306 e. The molecule has 100 valence electrons. The highest BCUT2D eigenvalue weighted by Gasteiger charge is 2.08. The number of aromatic nitrogens is 1. The van der Waals surface area contributed by atoms with Crippen LogP contribution in [0.2, 0.25) is 0 Å². The Morgan fingerprint density at radius 1 is 1.11 bits per heavy atom. The first kappa shape index (κ1) is 13.8. The van der Waals surface area contributed by atoms with Crippen LogP contribution in [0.25, 0.3) is 0 Å². The number of nitrogens with zero attached hydrogens (tertiary/aromatic N) is 1. The van der Waals surface area contributed by atoms with Gasteiger partial charge in [-0.05, 0) is 56.0 Å². The molecule has 0 fully saturated rings. The molecule has 2 heteroatoms. The Morgan fingerprint density at radius 3 is 2.63 bits per heavy atom. The van der Waals surface area contributed by atoms with Crippen LogP contribution < -0.4 is 5.32 Å². The average Bonchev–Trinajstić information content (AvgIpc) is 2.40. The summed E-state index contributed by atoms with van der Waals surface area (Å²) in [5.74, 6) is 0. The molecule has 1 heterocycles. The summed E-state index contributed by atoms with van der Waals surface area (Å²) in [5, 5.41) is 3.60. The van der Waals surface area contributed by atoms with E-state index in [1.807, 2.05) is 12.4 Å². The van der Waals surface area contributed by atoms with Crippen molar-refractivity contribution in [1.29, 1.82) is 0 Å². The summed E-state index contributed by atoms with van der Waals surface area (Å²) in [6, 6.07) is 9.07. The molecule has 2 aromatic rings. The predicted molar refractivity (Wildman–Crippen MR) is 80.1 cm³/mol. The maximum Gasteiger partial charge on any atom is 0.0300 e. The van der Waals surface area contributed by atoms with E-state index in [9.17, 15) is 0 Å². The van der Waals surface area contributed by atoms with Gasteiger partial charge >= 0.3 is 0 Å². The van der Waals surface area contributed by atoms with E-state index in [0.29, 0.717) is 6.04 Å². The lowest BCUT2D eigenvalue weighted by Gasteiger charge is -2.18. The van der Waals surface area contributed by atoms with Gasteiger partial charge in [0.25, 0.3) is 0 Å². The lowest BCUT2D eigenvalue weighted by Crippen LogP contribution is -2.19. The van der Waals surface area contributed by atoms with Gasteiger partial charge in [-0.3, -0.25) is 4.98 Å². The third kappa shape index (κ3) is 3.42. The van der Waals surface area contributed by atoms with Gasteiger partial charge in [-0.15, -0.1) is 0 Å². The van der Waals surface area contributed by atoms with Gasteiger partial charge < -0.3 is 5.32 Å². The van der Waals surface area contributed by atoms with E-state index >= 15 is 0 Å². The van der Waals surface area contributed by atoms with Crippen molar-refractivity contribution >= 4 is 0 Å². The zero-order chi connectivity index (χ0) is 13.8. The highest BCUT2D eigenvalue weighted by Crippen LogP contribution is 2.19. The van der Waals surface area contributed by atoms with Crippen molar-refractivity contribution in [1.82, 2.24) is 10.3 Å². The van der Waals surface area contributed by atoms with Crippen LogP contribution >= 0.6 is 0 Å². The Morgan fingerprint density at radius 2 is 1.89 bits per heavy atom. The number of benzene rings is 1. The molecule has 0 bridgehead atoms. The number of pyridine rings is 1. The van der Waals surface area contributed by atoms with Gasteiger partial charge in [0.1, 0.15) is 0 Å². The Bertz CT molecular complexity index is 561. The summed E-state index contributed by atoms with van der Waals surface area (Å²) >= 11 is 0. The van der Waals surface area contributed by atoms with Crippen molar-refractivity contribution in [2.45, 2.75) is 40.3 Å². The first-order chi connectivity index (χ1) is 9.08. The quantitative estimate of drug-likeness (QED) is 0.896. The van der Waals surface area contributed by atoms with Crippen LogP contribution in [0, 0.1) is 20.8 Å². The van der Waals surface area contributed by atoms with E-state index in [1.165, 1.54) is 27.8 Å². The SMILES string of the molecule is Cc1ccc(C)c(C(C)NCc2ccncc2C)c1. The highest BCUT2D eigenvalue weighted by atomic mass is 14.9. The van der Waals surface area contributed by atoms with Crippen LogP contribution in [0.5, 0.6) is 0 Å². The van der Waals surface area contributed by atoms with Crippen molar-refractivity contribution in [2.75, 3.05) is 0 Å². The van der Waals surface area contributed by atoms with Gasteiger partial charge in [0.05, 0.1) is 0 Å². The van der Waals surface area contributed by atoms with Gasteiger partial charge in [0, 0.05) is 25.0 Å². The molecule has 0 radical (unpaired) electrons. The summed E-state index contributed by atoms with van der Waals surface area (Å²) in [4.78, 5) is 4.13. The third-order valence-electron chi connectivity index (χ3n) is 3.64. The Kier molecular flexibility index (Phi) is 4.33. The van der Waals surface area contributed by atoms with Gasteiger partial charge in [0.2, 0.25) is 0 Å². The summed E-state index contributed by atoms with van der Waals surface area (Å²) in [6.45, 7) is 9.51. The summed E-state index contributed by atoms with van der Waals surface area (Å²) < 4.78 is 0. The molecule has 0 aliphatic heterocycles. The molecule has 2 nitrogen and oxygen atoms in total. The third-order valence-corrected chi connectivity index (χ3v) is 3.64. The van der Waals surface area contributed by atoms with Crippen molar-refractivity contribution in [2.24, 2.45) is 0 Å². The zero-order valence-electron chi connectivity index (χ0n) is 12.2. The Balaban J connectivity index is 2.07. The molecule has 0 spiro atoms. The molecule has 0 aliphatic carbocycles. The van der Waals surface area contributed by atoms with E-state index in [0.717, 1.165) is 6.54 Å². The molecular weight excluding hydrogens is 232 g/mol. The molecule has 2 rings (SSSR count). The minimum absolute atomic E-state index is 0.354. The van der Waals surface area contributed by atoms with Crippen molar-refractivity contribution in [3.05, 3.63) is 64.5 Å². The van der Waals surface area contributed by atoms with E-state index in [1.54, 1.807) is 0 Å². The minimum Gasteiger partial charge on any atom is -0.306 e. The topological polar surface area (TPSA) is 24.9 Å². The minimum atomic E-state index is 0.354. The Hall–Kier alpha value is -1.67. The summed E-state index contributed by atoms with van der Waals surface area (Å²) in [7, 11) is 0. The van der Waals surface area contributed by atoms with Crippen molar-refractivity contribution < 1.29 is 0 Å². The molecular formula is C17H22N2. The normalized spacial score (nSPS) is 12.4. The van der Waals surface area contributed by atoms with Crippen LogP contribution in [-0.4, -0.2) is 4.98 Å². The van der Waals surface area contributed by atoms with E-state index in [-0.39, 0.29) is 0 Å². The van der Waals surface area contributed by atoms with Crippen LogP contribution in [-0.2, 0) is 6.54 Å². The van der Waals surface area contributed by atoms with Crippen LogP contribution in [0.15, 0.2) is 36.7 Å². The van der Waals surface area contributed by atoms with Crippen LogP contribution in [0.1, 0.15) is 40.8 Å². The fraction of sp³-hybridized carbons (Fsp3) is 0.353. The molecule has 1 aromatic carbocycles. The van der Waals surface area contributed by atoms with E-state index in [2.05, 4.69) is 62.3 Å². The smallest absolute Gasteiger partial charge is 0.0300 e. The van der Waals surface area contributed by atoms with Crippen LogP contribution in [0.4, 0.5) is 0 Å². The molecule has 1 aromatic heterocycles. The fourth-order valence-electron chi connectivity index (χ4n) is 2.30. The maximum atomic E-state index is 4.13. The molecule has 0 aliphatic rings. The lowest BCUT2D eigenvalue weighted by atomic mass is 9.99. The van der Waals surface area contributed by atoms with Crippen LogP contribution in [0.3, 0.4) is 0 Å². The number of nitrogens with one attached hydrogen (secondary N) is 1. The van der Waals surface area contributed by atoms with Crippen molar-refractivity contribution in [3.63, 3.8) is 0 Å². The number of hydrogen-bond donors (Lipinski definition) is 1. The number of aryl methyl sites for hydroxylation is 3. The van der Waals surface area contributed by atoms with Gasteiger partial charge in [-0.25, -0.2) is 0 Å². The monoisotopic (exact) mass is 254 g/mol. The Labute approximate surface area is 115 Å². The number of hydrogen-bond acceptors (Lipinski definition) is 2. The lowest BCUT2D eigenvalue weighted by molar-refractivity contribution is 0.570. The summed E-state index contributed by atoms with van der Waals surface area (Å²) in [5.41, 5.74) is 6.59. The molecule has 19 heavy (non-hydrogen) atoms. The second-order valence-corrected chi connectivity index (χ2v) is 5.26. The van der Waals surface area contributed by atoms with Gasteiger partial charge in [-0.1, -0.05) is 23.8 Å². The first-order valence-corrected chi connectivity index (χ1v) is 6.78. The fourth-order valence-corrected chi connectivity index (χ4v) is 2.30. The highest BCUT2D eigenvalue weighted by molar-refractivity contribution is 5.33. The molecule has 0 amide bonds. The van der Waals surface area contributed by atoms with Gasteiger partial charge in [0.15, 0.2) is 0 Å². The predicted octanol–water partition coefficient (Wildman–Crippen LogP) is 3.86. The number of rotatable bonds is 4. The summed E-state index contributed by atoms with van der Waals surface area (Å²) in [6.07, 6.45) is 3.77. The first-order valence-electron chi connectivity index (χ1n) is 6.78. The second-order valence-electron chi connectivity index (χ2n) is 5.26. The molecule has 1 unspecified atom stereocenters. The average molecular weight is 254 g/mol. The second kappa shape index (κ2) is 5.98. The van der Waals surface area contributed by atoms with E-state index < -0.39 is 0 Å². The van der Waals surface area contributed by atoms with Crippen molar-refractivity contribution in [3.8, 4) is 0 Å². The molecule has 0 saturated carbocycles. The molecule has 1 N–H and O–H groups in total.